The van der Waals surface area contributed by atoms with Crippen LogP contribution in [0.25, 0.3) is 0 Å². The molecule has 1 aromatic rings. The van der Waals surface area contributed by atoms with Gasteiger partial charge in [0.05, 0.1) is 0 Å². The second-order valence-corrected chi connectivity index (χ2v) is 7.02. The van der Waals surface area contributed by atoms with Crippen LogP contribution in [0.4, 0.5) is 0 Å². The molecule has 0 aromatic heterocycles. The predicted octanol–water partition coefficient (Wildman–Crippen LogP) is 4.80. The summed E-state index contributed by atoms with van der Waals surface area (Å²) >= 11 is 2.41. The maximum Gasteiger partial charge on any atom is 0.0133 e. The molecule has 0 bridgehead atoms. The standard InChI is InChI=1S/C16H17I/c1-10-4-6-12-13-7-5-11(17)9-15(13)16(2,3)14(12)8-10/h4-9,12,14H,1-3H3/t12?,14-/m1/s1. The van der Waals surface area contributed by atoms with Crippen LogP contribution in [0.5, 0.6) is 0 Å². The van der Waals surface area contributed by atoms with Gasteiger partial charge in [0, 0.05) is 9.49 Å². The number of allylic oxidation sites excluding steroid dienone is 4. The summed E-state index contributed by atoms with van der Waals surface area (Å²) < 4.78 is 1.35. The minimum absolute atomic E-state index is 0.257. The maximum absolute atomic E-state index is 2.46. The molecule has 0 amide bonds. The zero-order valence-electron chi connectivity index (χ0n) is 10.5. The van der Waals surface area contributed by atoms with E-state index in [1.807, 2.05) is 0 Å². The lowest BCUT2D eigenvalue weighted by molar-refractivity contribution is 0.392. The molecule has 1 heteroatoms. The Morgan fingerprint density at radius 2 is 2.00 bits per heavy atom. The van der Waals surface area contributed by atoms with E-state index in [0.717, 1.165) is 0 Å². The van der Waals surface area contributed by atoms with Gasteiger partial charge in [-0.05, 0) is 64.1 Å². The topological polar surface area (TPSA) is 0 Å². The van der Waals surface area contributed by atoms with Crippen molar-refractivity contribution in [2.45, 2.75) is 32.1 Å². The first-order valence-corrected chi connectivity index (χ1v) is 7.24. The molecule has 88 valence electrons. The second-order valence-electron chi connectivity index (χ2n) is 5.77. The minimum atomic E-state index is 0.257. The van der Waals surface area contributed by atoms with Gasteiger partial charge in [-0.2, -0.15) is 0 Å². The van der Waals surface area contributed by atoms with Gasteiger partial charge in [0.1, 0.15) is 0 Å². The number of hydrogen-bond acceptors (Lipinski definition) is 0. The van der Waals surface area contributed by atoms with Gasteiger partial charge in [-0.15, -0.1) is 0 Å². The van der Waals surface area contributed by atoms with E-state index >= 15 is 0 Å². The van der Waals surface area contributed by atoms with Gasteiger partial charge in [-0.3, -0.25) is 0 Å². The van der Waals surface area contributed by atoms with E-state index in [1.165, 1.54) is 20.3 Å². The molecule has 0 heterocycles. The molecule has 0 radical (unpaired) electrons. The monoisotopic (exact) mass is 336 g/mol. The molecule has 2 atom stereocenters. The van der Waals surface area contributed by atoms with Gasteiger partial charge < -0.3 is 0 Å². The smallest absolute Gasteiger partial charge is 0.0133 e. The fourth-order valence-electron chi connectivity index (χ4n) is 3.33. The molecule has 1 unspecified atom stereocenters. The summed E-state index contributed by atoms with van der Waals surface area (Å²) in [6.07, 6.45) is 7.11. The van der Waals surface area contributed by atoms with Crippen LogP contribution in [0, 0.1) is 9.49 Å². The van der Waals surface area contributed by atoms with Crippen molar-refractivity contribution in [2.75, 3.05) is 0 Å². The molecule has 2 aliphatic rings. The fraction of sp³-hybridized carbons (Fsp3) is 0.375. The Bertz CT molecular complexity index is 534. The van der Waals surface area contributed by atoms with Gasteiger partial charge in [-0.1, -0.05) is 43.7 Å². The van der Waals surface area contributed by atoms with E-state index in [1.54, 1.807) is 0 Å². The van der Waals surface area contributed by atoms with Crippen LogP contribution in [0.3, 0.4) is 0 Å². The maximum atomic E-state index is 2.46. The van der Waals surface area contributed by atoms with Gasteiger partial charge >= 0.3 is 0 Å². The molecule has 0 N–H and O–H groups in total. The Balaban J connectivity index is 2.21. The van der Waals surface area contributed by atoms with Crippen LogP contribution in [0.2, 0.25) is 0 Å². The third-order valence-electron chi connectivity index (χ3n) is 4.30. The summed E-state index contributed by atoms with van der Waals surface area (Å²) in [5, 5.41) is 0. The molecule has 3 rings (SSSR count). The highest BCUT2D eigenvalue weighted by atomic mass is 127. The zero-order chi connectivity index (χ0) is 12.2. The van der Waals surface area contributed by atoms with Gasteiger partial charge in [-0.25, -0.2) is 0 Å². The molecule has 0 saturated heterocycles. The summed E-state index contributed by atoms with van der Waals surface area (Å²) in [5.41, 5.74) is 4.73. The van der Waals surface area contributed by atoms with Crippen LogP contribution in [0.1, 0.15) is 37.8 Å². The van der Waals surface area contributed by atoms with E-state index < -0.39 is 0 Å². The lowest BCUT2D eigenvalue weighted by Crippen LogP contribution is -2.25. The average molecular weight is 336 g/mol. The van der Waals surface area contributed by atoms with E-state index in [4.69, 9.17) is 0 Å². The molecule has 0 spiro atoms. The number of fused-ring (bicyclic) bond motifs is 3. The van der Waals surface area contributed by atoms with Crippen molar-refractivity contribution in [1.29, 1.82) is 0 Å². The van der Waals surface area contributed by atoms with Crippen LogP contribution < -0.4 is 0 Å². The van der Waals surface area contributed by atoms with Crippen molar-refractivity contribution in [3.05, 3.63) is 56.7 Å². The predicted molar refractivity (Wildman–Crippen MR) is 81.3 cm³/mol. The van der Waals surface area contributed by atoms with Crippen molar-refractivity contribution in [1.82, 2.24) is 0 Å². The number of hydrogen-bond donors (Lipinski definition) is 0. The molecule has 17 heavy (non-hydrogen) atoms. The van der Waals surface area contributed by atoms with Crippen molar-refractivity contribution in [3.63, 3.8) is 0 Å². The Morgan fingerprint density at radius 3 is 2.76 bits per heavy atom. The zero-order valence-corrected chi connectivity index (χ0v) is 12.7. The van der Waals surface area contributed by atoms with Crippen LogP contribution >= 0.6 is 22.6 Å². The lowest BCUT2D eigenvalue weighted by Gasteiger charge is -2.30. The Morgan fingerprint density at radius 1 is 1.24 bits per heavy atom. The van der Waals surface area contributed by atoms with Crippen molar-refractivity contribution in [2.24, 2.45) is 5.92 Å². The van der Waals surface area contributed by atoms with E-state index in [-0.39, 0.29) is 5.41 Å². The Kier molecular flexibility index (Phi) is 2.51. The van der Waals surface area contributed by atoms with Crippen LogP contribution in [-0.4, -0.2) is 0 Å². The number of benzene rings is 1. The van der Waals surface area contributed by atoms with Gasteiger partial charge in [0.2, 0.25) is 0 Å². The summed E-state index contributed by atoms with van der Waals surface area (Å²) in [6.45, 7) is 6.97. The Hall–Kier alpha value is -0.570. The molecular weight excluding hydrogens is 319 g/mol. The SMILES string of the molecule is CC1=C[C@@H]2C(C=C1)c1ccc(I)cc1C2(C)C. The second kappa shape index (κ2) is 3.71. The highest BCUT2D eigenvalue weighted by Gasteiger charge is 2.44. The molecule has 0 fully saturated rings. The quantitative estimate of drug-likeness (QED) is 0.597. The largest absolute Gasteiger partial charge is 0.0767 e. The summed E-state index contributed by atoms with van der Waals surface area (Å²) in [4.78, 5) is 0. The summed E-state index contributed by atoms with van der Waals surface area (Å²) in [6, 6.07) is 6.92. The normalized spacial score (nSPS) is 28.6. The fourth-order valence-corrected chi connectivity index (χ4v) is 3.82. The number of rotatable bonds is 0. The number of halogens is 1. The molecule has 0 aliphatic heterocycles. The van der Waals surface area contributed by atoms with Gasteiger partial charge in [0.25, 0.3) is 0 Å². The van der Waals surface area contributed by atoms with Gasteiger partial charge in [0.15, 0.2) is 0 Å². The first-order chi connectivity index (χ1) is 8.00. The van der Waals surface area contributed by atoms with E-state index in [2.05, 4.69) is 79.8 Å². The molecule has 0 saturated carbocycles. The molecule has 0 nitrogen and oxygen atoms in total. The minimum Gasteiger partial charge on any atom is -0.0767 e. The van der Waals surface area contributed by atoms with E-state index in [0.29, 0.717) is 11.8 Å². The van der Waals surface area contributed by atoms with E-state index in [9.17, 15) is 0 Å². The lowest BCUT2D eigenvalue weighted by atomic mass is 9.73. The molecule has 1 aromatic carbocycles. The molecule has 2 aliphatic carbocycles. The Labute approximate surface area is 117 Å². The average Bonchev–Trinajstić information content (AvgIpc) is 2.49. The van der Waals surface area contributed by atoms with Crippen LogP contribution in [0.15, 0.2) is 42.0 Å². The third-order valence-corrected chi connectivity index (χ3v) is 4.97. The third kappa shape index (κ3) is 1.62. The van der Waals surface area contributed by atoms with Crippen molar-refractivity contribution < 1.29 is 0 Å². The molecular formula is C16H17I. The van der Waals surface area contributed by atoms with Crippen molar-refractivity contribution >= 4 is 22.6 Å². The van der Waals surface area contributed by atoms with Crippen LogP contribution in [-0.2, 0) is 5.41 Å². The summed E-state index contributed by atoms with van der Waals surface area (Å²) in [5.74, 6) is 1.21. The highest BCUT2D eigenvalue weighted by molar-refractivity contribution is 14.1. The first-order valence-electron chi connectivity index (χ1n) is 6.17. The van der Waals surface area contributed by atoms with Crippen molar-refractivity contribution in [3.8, 4) is 0 Å². The highest BCUT2D eigenvalue weighted by Crippen LogP contribution is 2.53. The summed E-state index contributed by atoms with van der Waals surface area (Å²) in [7, 11) is 0. The first kappa shape index (κ1) is 11.5.